The maximum atomic E-state index is 12.8. The number of piperidine rings is 1. The maximum Gasteiger partial charge on any atom is 0.243 e. The number of carbonyl (C=O) groups is 1. The van der Waals surface area contributed by atoms with Gasteiger partial charge in [-0.1, -0.05) is 42.3 Å². The lowest BCUT2D eigenvalue weighted by Crippen LogP contribution is -2.47. The molecule has 1 N–H and O–H groups in total. The second-order valence-corrected chi connectivity index (χ2v) is 10.4. The monoisotopic (exact) mass is 463 g/mol. The molecule has 1 aliphatic heterocycles. The number of hydrogen-bond donors (Lipinski definition) is 1. The second-order valence-electron chi connectivity index (χ2n) is 8.09. The molecule has 0 bridgehead atoms. The molecule has 0 spiro atoms. The van der Waals surface area contributed by atoms with Gasteiger partial charge in [0.15, 0.2) is 0 Å². The highest BCUT2D eigenvalue weighted by Gasteiger charge is 2.29. The molecule has 1 saturated heterocycles. The summed E-state index contributed by atoms with van der Waals surface area (Å²) < 4.78 is 25.9. The minimum absolute atomic E-state index is 0.342. The van der Waals surface area contributed by atoms with Gasteiger partial charge in [-0.3, -0.25) is 14.0 Å². The lowest BCUT2D eigenvalue weighted by atomic mass is 10.1. The van der Waals surface area contributed by atoms with Crippen molar-refractivity contribution in [3.8, 4) is 0 Å². The van der Waals surface area contributed by atoms with E-state index in [9.17, 15) is 13.2 Å². The number of hydrogen-bond acceptors (Lipinski definition) is 4. The molecule has 1 atom stereocenters. The Hall–Kier alpha value is -2.09. The zero-order chi connectivity index (χ0) is 22.4. The molecule has 6 nitrogen and oxygen atoms in total. The molecular weight excluding hydrogens is 434 g/mol. The van der Waals surface area contributed by atoms with Crippen LogP contribution in [-0.2, 0) is 27.9 Å². The number of sulfonamides is 1. The molecule has 1 fully saturated rings. The average molecular weight is 464 g/mol. The predicted molar refractivity (Wildman–Crippen MR) is 126 cm³/mol. The summed E-state index contributed by atoms with van der Waals surface area (Å²) in [6.07, 6.45) is 4.90. The summed E-state index contributed by atoms with van der Waals surface area (Å²) in [6.45, 7) is 5.10. The van der Waals surface area contributed by atoms with Gasteiger partial charge in [0.2, 0.25) is 15.9 Å². The Balaban J connectivity index is 1.64. The third-order valence-corrected chi connectivity index (χ3v) is 6.98. The Morgan fingerprint density at radius 3 is 2.39 bits per heavy atom. The Bertz CT molecular complexity index is 989. The lowest BCUT2D eigenvalue weighted by molar-refractivity contribution is -0.122. The smallest absolute Gasteiger partial charge is 0.243 e. The van der Waals surface area contributed by atoms with E-state index in [-0.39, 0.29) is 5.91 Å². The summed E-state index contributed by atoms with van der Waals surface area (Å²) in [7, 11) is -3.66. The van der Waals surface area contributed by atoms with Crippen LogP contribution in [0.2, 0.25) is 5.02 Å². The number of halogens is 1. The summed E-state index contributed by atoms with van der Waals surface area (Å²) in [4.78, 5) is 15.3. The van der Waals surface area contributed by atoms with Crippen LogP contribution in [0.1, 0.15) is 37.3 Å². The van der Waals surface area contributed by atoms with Crippen molar-refractivity contribution in [2.75, 3.05) is 23.7 Å². The fourth-order valence-corrected chi connectivity index (χ4v) is 5.25. The molecule has 3 rings (SSSR count). The van der Waals surface area contributed by atoms with Crippen molar-refractivity contribution in [1.82, 2.24) is 10.2 Å². The van der Waals surface area contributed by atoms with E-state index < -0.39 is 16.1 Å². The molecule has 0 aliphatic carbocycles. The van der Waals surface area contributed by atoms with Gasteiger partial charge in [-0.05, 0) is 68.2 Å². The van der Waals surface area contributed by atoms with Crippen LogP contribution >= 0.6 is 11.6 Å². The summed E-state index contributed by atoms with van der Waals surface area (Å²) >= 11 is 5.91. The lowest BCUT2D eigenvalue weighted by Gasteiger charge is -2.28. The van der Waals surface area contributed by atoms with Gasteiger partial charge >= 0.3 is 0 Å². The van der Waals surface area contributed by atoms with E-state index in [1.54, 1.807) is 31.2 Å². The van der Waals surface area contributed by atoms with Crippen LogP contribution < -0.4 is 9.62 Å². The number of nitrogens with one attached hydrogen (secondary N) is 1. The maximum absolute atomic E-state index is 12.8. The van der Waals surface area contributed by atoms with Crippen molar-refractivity contribution >= 4 is 33.2 Å². The first kappa shape index (κ1) is 23.6. The van der Waals surface area contributed by atoms with Crippen LogP contribution in [0.5, 0.6) is 0 Å². The number of amides is 1. The minimum Gasteiger partial charge on any atom is -0.350 e. The molecule has 0 radical (unpaired) electrons. The van der Waals surface area contributed by atoms with E-state index in [1.807, 2.05) is 12.1 Å². The molecule has 1 unspecified atom stereocenters. The van der Waals surface area contributed by atoms with Gasteiger partial charge in [0, 0.05) is 18.1 Å². The van der Waals surface area contributed by atoms with Crippen molar-refractivity contribution < 1.29 is 13.2 Å². The third-order valence-electron chi connectivity index (χ3n) is 5.48. The van der Waals surface area contributed by atoms with Gasteiger partial charge in [-0.15, -0.1) is 0 Å². The Morgan fingerprint density at radius 2 is 1.74 bits per heavy atom. The SMILES string of the molecule is CC(C(=O)NCc1cccc(CN2CCCCC2)c1)N(c1ccc(Cl)cc1)S(C)(=O)=O. The zero-order valence-electron chi connectivity index (χ0n) is 18.1. The molecule has 1 heterocycles. The van der Waals surface area contributed by atoms with E-state index in [4.69, 9.17) is 11.6 Å². The van der Waals surface area contributed by atoms with Crippen molar-refractivity contribution in [2.24, 2.45) is 0 Å². The van der Waals surface area contributed by atoms with Crippen molar-refractivity contribution in [1.29, 1.82) is 0 Å². The number of benzene rings is 2. The molecule has 1 aliphatic rings. The topological polar surface area (TPSA) is 69.7 Å². The summed E-state index contributed by atoms with van der Waals surface area (Å²) in [6, 6.07) is 13.7. The van der Waals surface area contributed by atoms with Crippen molar-refractivity contribution in [3.05, 3.63) is 64.7 Å². The van der Waals surface area contributed by atoms with E-state index in [0.29, 0.717) is 17.3 Å². The highest BCUT2D eigenvalue weighted by molar-refractivity contribution is 7.92. The van der Waals surface area contributed by atoms with Crippen LogP contribution in [0.15, 0.2) is 48.5 Å². The predicted octanol–water partition coefficient (Wildman–Crippen LogP) is 3.80. The first-order valence-electron chi connectivity index (χ1n) is 10.6. The van der Waals surface area contributed by atoms with E-state index in [1.165, 1.54) is 24.8 Å². The molecule has 31 heavy (non-hydrogen) atoms. The molecule has 2 aromatic carbocycles. The standard InChI is InChI=1S/C23H30ClN3O3S/c1-18(27(31(2,29)30)22-11-9-21(24)10-12-22)23(28)25-16-19-7-6-8-20(15-19)17-26-13-4-3-5-14-26/h6-12,15,18H,3-5,13-14,16-17H2,1-2H3,(H,25,28). The Morgan fingerprint density at radius 1 is 1.10 bits per heavy atom. The van der Waals surface area contributed by atoms with Gasteiger partial charge < -0.3 is 5.32 Å². The summed E-state index contributed by atoms with van der Waals surface area (Å²) in [5.41, 5.74) is 2.62. The number of anilines is 1. The first-order valence-corrected chi connectivity index (χ1v) is 12.8. The van der Waals surface area contributed by atoms with Gasteiger partial charge in [0.05, 0.1) is 11.9 Å². The van der Waals surface area contributed by atoms with Crippen LogP contribution in [0.4, 0.5) is 5.69 Å². The van der Waals surface area contributed by atoms with Crippen molar-refractivity contribution in [2.45, 2.75) is 45.3 Å². The fraction of sp³-hybridized carbons (Fsp3) is 0.435. The molecule has 0 aromatic heterocycles. The highest BCUT2D eigenvalue weighted by atomic mass is 35.5. The molecule has 168 valence electrons. The van der Waals surface area contributed by atoms with Gasteiger partial charge in [0.1, 0.15) is 6.04 Å². The number of nitrogens with zero attached hydrogens (tertiary/aromatic N) is 2. The van der Waals surface area contributed by atoms with E-state index in [0.717, 1.165) is 35.8 Å². The molecule has 8 heteroatoms. The summed E-state index contributed by atoms with van der Waals surface area (Å²) in [5.74, 6) is -0.359. The largest absolute Gasteiger partial charge is 0.350 e. The Labute approximate surface area is 190 Å². The normalized spacial score (nSPS) is 16.0. The summed E-state index contributed by atoms with van der Waals surface area (Å²) in [5, 5.41) is 3.38. The van der Waals surface area contributed by atoms with E-state index >= 15 is 0 Å². The average Bonchev–Trinajstić information content (AvgIpc) is 2.73. The van der Waals surface area contributed by atoms with Gasteiger partial charge in [-0.2, -0.15) is 0 Å². The first-order chi connectivity index (χ1) is 14.7. The molecule has 1 amide bonds. The second kappa shape index (κ2) is 10.5. The van der Waals surface area contributed by atoms with Gasteiger partial charge in [0.25, 0.3) is 0 Å². The quantitative estimate of drug-likeness (QED) is 0.646. The highest BCUT2D eigenvalue weighted by Crippen LogP contribution is 2.23. The molecule has 0 saturated carbocycles. The van der Waals surface area contributed by atoms with Crippen molar-refractivity contribution in [3.63, 3.8) is 0 Å². The fourth-order valence-electron chi connectivity index (χ4n) is 3.95. The van der Waals surface area contributed by atoms with Crippen LogP contribution in [0, 0.1) is 0 Å². The van der Waals surface area contributed by atoms with Gasteiger partial charge in [-0.25, -0.2) is 8.42 Å². The number of carbonyl (C=O) groups excluding carboxylic acids is 1. The molecule has 2 aromatic rings. The Kier molecular flexibility index (Phi) is 7.97. The third kappa shape index (κ3) is 6.69. The van der Waals surface area contributed by atoms with E-state index in [2.05, 4.69) is 22.3 Å². The number of likely N-dealkylation sites (tertiary alicyclic amines) is 1. The number of rotatable bonds is 8. The van der Waals surface area contributed by atoms with Crippen LogP contribution in [-0.4, -0.2) is 44.6 Å². The minimum atomic E-state index is -3.66. The zero-order valence-corrected chi connectivity index (χ0v) is 19.6. The molecular formula is C23H30ClN3O3S. The van der Waals surface area contributed by atoms with Crippen LogP contribution in [0.25, 0.3) is 0 Å². The van der Waals surface area contributed by atoms with Crippen LogP contribution in [0.3, 0.4) is 0 Å².